The largest absolute Gasteiger partial charge is 0.494 e. The van der Waals surface area contributed by atoms with E-state index in [1.54, 1.807) is 0 Å². The van der Waals surface area contributed by atoms with Crippen LogP contribution in [0, 0.1) is 5.92 Å². The molecule has 17 heavy (non-hydrogen) atoms. The van der Waals surface area contributed by atoms with Gasteiger partial charge in [-0.05, 0) is 31.0 Å². The van der Waals surface area contributed by atoms with Crippen LogP contribution in [0.1, 0.15) is 20.3 Å². The zero-order valence-corrected chi connectivity index (χ0v) is 10.9. The van der Waals surface area contributed by atoms with Gasteiger partial charge >= 0.3 is 0 Å². The fraction of sp³-hybridized carbons (Fsp3) is 0.571. The summed E-state index contributed by atoms with van der Waals surface area (Å²) in [5.41, 5.74) is 5.69. The lowest BCUT2D eigenvalue weighted by molar-refractivity contribution is 0.299. The van der Waals surface area contributed by atoms with Crippen molar-refractivity contribution in [2.24, 2.45) is 11.7 Å². The van der Waals surface area contributed by atoms with Crippen LogP contribution in [-0.4, -0.2) is 25.7 Å². The van der Waals surface area contributed by atoms with E-state index in [0.29, 0.717) is 18.5 Å². The topological polar surface area (TPSA) is 47.3 Å². The van der Waals surface area contributed by atoms with Gasteiger partial charge in [0.05, 0.1) is 6.61 Å². The van der Waals surface area contributed by atoms with Crippen molar-refractivity contribution < 1.29 is 4.74 Å². The van der Waals surface area contributed by atoms with Crippen LogP contribution in [0.5, 0.6) is 5.75 Å². The third kappa shape index (κ3) is 5.71. The highest BCUT2D eigenvalue weighted by Crippen LogP contribution is 2.08. The molecule has 3 nitrogen and oxygen atoms in total. The Kier molecular flexibility index (Phi) is 6.67. The van der Waals surface area contributed by atoms with Crippen LogP contribution in [0.2, 0.25) is 0 Å². The van der Waals surface area contributed by atoms with Gasteiger partial charge in [0.1, 0.15) is 5.75 Å². The second-order valence-electron chi connectivity index (χ2n) is 4.56. The number of rotatable bonds is 8. The zero-order chi connectivity index (χ0) is 12.5. The Labute approximate surface area is 104 Å². The van der Waals surface area contributed by atoms with Crippen LogP contribution in [0.15, 0.2) is 30.3 Å². The Bertz CT molecular complexity index is 288. The van der Waals surface area contributed by atoms with E-state index >= 15 is 0 Å². The Balaban J connectivity index is 2.08. The third-order valence-electron chi connectivity index (χ3n) is 2.80. The van der Waals surface area contributed by atoms with Gasteiger partial charge < -0.3 is 15.8 Å². The minimum Gasteiger partial charge on any atom is -0.494 e. The average Bonchev–Trinajstić information content (AvgIpc) is 2.34. The minimum atomic E-state index is 0.409. The number of ether oxygens (including phenoxy) is 1. The maximum absolute atomic E-state index is 5.69. The first-order valence-electron chi connectivity index (χ1n) is 6.35. The maximum atomic E-state index is 5.69. The molecule has 1 aromatic rings. The van der Waals surface area contributed by atoms with Crippen LogP contribution in [0.4, 0.5) is 0 Å². The predicted molar refractivity (Wildman–Crippen MR) is 72.2 cm³/mol. The number of nitrogens with one attached hydrogen (secondary N) is 1. The lowest BCUT2D eigenvalue weighted by atomic mass is 10.0. The van der Waals surface area contributed by atoms with Gasteiger partial charge in [-0.2, -0.15) is 0 Å². The molecule has 1 atom stereocenters. The van der Waals surface area contributed by atoms with Crippen molar-refractivity contribution in [1.82, 2.24) is 5.32 Å². The molecule has 0 spiro atoms. The lowest BCUT2D eigenvalue weighted by Crippen LogP contribution is -2.40. The highest BCUT2D eigenvalue weighted by Gasteiger charge is 2.09. The van der Waals surface area contributed by atoms with Gasteiger partial charge in [0, 0.05) is 12.6 Å². The van der Waals surface area contributed by atoms with Gasteiger partial charge in [-0.3, -0.25) is 0 Å². The molecule has 0 aliphatic rings. The Hall–Kier alpha value is -1.06. The third-order valence-corrected chi connectivity index (χ3v) is 2.80. The summed E-state index contributed by atoms with van der Waals surface area (Å²) >= 11 is 0. The number of para-hydroxylation sites is 1. The normalized spacial score (nSPS) is 12.7. The molecule has 0 radical (unpaired) electrons. The smallest absolute Gasteiger partial charge is 0.119 e. The minimum absolute atomic E-state index is 0.409. The SMILES string of the molecule is CC(C)C(CN)NCCCOc1ccccc1. The van der Waals surface area contributed by atoms with E-state index in [1.165, 1.54) is 0 Å². The molecular weight excluding hydrogens is 212 g/mol. The molecule has 0 aliphatic carbocycles. The first-order chi connectivity index (χ1) is 8.24. The van der Waals surface area contributed by atoms with E-state index in [2.05, 4.69) is 19.2 Å². The summed E-state index contributed by atoms with van der Waals surface area (Å²) < 4.78 is 5.61. The molecule has 1 unspecified atom stereocenters. The highest BCUT2D eigenvalue weighted by molar-refractivity contribution is 5.20. The van der Waals surface area contributed by atoms with E-state index < -0.39 is 0 Å². The second kappa shape index (κ2) is 8.09. The molecule has 96 valence electrons. The van der Waals surface area contributed by atoms with Crippen molar-refractivity contribution in [3.63, 3.8) is 0 Å². The first-order valence-corrected chi connectivity index (χ1v) is 6.35. The number of nitrogens with two attached hydrogens (primary N) is 1. The van der Waals surface area contributed by atoms with E-state index in [1.807, 2.05) is 30.3 Å². The summed E-state index contributed by atoms with van der Waals surface area (Å²) in [7, 11) is 0. The second-order valence-corrected chi connectivity index (χ2v) is 4.56. The molecule has 0 aromatic heterocycles. The van der Waals surface area contributed by atoms with E-state index in [-0.39, 0.29) is 0 Å². The van der Waals surface area contributed by atoms with E-state index in [4.69, 9.17) is 10.5 Å². The van der Waals surface area contributed by atoms with Gasteiger partial charge in [0.2, 0.25) is 0 Å². The van der Waals surface area contributed by atoms with Gasteiger partial charge in [0.25, 0.3) is 0 Å². The lowest BCUT2D eigenvalue weighted by Gasteiger charge is -2.20. The van der Waals surface area contributed by atoms with Crippen molar-refractivity contribution in [2.45, 2.75) is 26.3 Å². The Morgan fingerprint density at radius 1 is 1.24 bits per heavy atom. The molecule has 1 rings (SSSR count). The average molecular weight is 236 g/mol. The predicted octanol–water partition coefficient (Wildman–Crippen LogP) is 2.03. The first kappa shape index (κ1) is 14.0. The zero-order valence-electron chi connectivity index (χ0n) is 10.9. The Morgan fingerprint density at radius 2 is 1.94 bits per heavy atom. The van der Waals surface area contributed by atoms with Crippen molar-refractivity contribution in [3.05, 3.63) is 30.3 Å². The van der Waals surface area contributed by atoms with Gasteiger partial charge in [-0.25, -0.2) is 0 Å². The molecule has 0 bridgehead atoms. The molecule has 0 heterocycles. The van der Waals surface area contributed by atoms with Crippen LogP contribution >= 0.6 is 0 Å². The molecule has 0 fully saturated rings. The summed E-state index contributed by atoms with van der Waals surface area (Å²) in [6.45, 7) is 6.76. The molecular formula is C14H24N2O. The summed E-state index contributed by atoms with van der Waals surface area (Å²) in [6.07, 6.45) is 0.998. The van der Waals surface area contributed by atoms with Crippen LogP contribution in [0.25, 0.3) is 0 Å². The van der Waals surface area contributed by atoms with Gasteiger partial charge in [0.15, 0.2) is 0 Å². The van der Waals surface area contributed by atoms with Crippen molar-refractivity contribution in [2.75, 3.05) is 19.7 Å². The molecule has 0 saturated carbocycles. The van der Waals surface area contributed by atoms with Gasteiger partial charge in [-0.15, -0.1) is 0 Å². The fourth-order valence-electron chi connectivity index (χ4n) is 1.66. The molecule has 3 heteroatoms. The summed E-state index contributed by atoms with van der Waals surface area (Å²) in [6, 6.07) is 10.3. The molecule has 1 aromatic carbocycles. The number of benzene rings is 1. The quantitative estimate of drug-likeness (QED) is 0.679. The van der Waals surface area contributed by atoms with Crippen LogP contribution in [0.3, 0.4) is 0 Å². The summed E-state index contributed by atoms with van der Waals surface area (Å²) in [5, 5.41) is 3.45. The van der Waals surface area contributed by atoms with Crippen molar-refractivity contribution in [1.29, 1.82) is 0 Å². The monoisotopic (exact) mass is 236 g/mol. The highest BCUT2D eigenvalue weighted by atomic mass is 16.5. The molecule has 0 amide bonds. The van der Waals surface area contributed by atoms with Crippen molar-refractivity contribution in [3.8, 4) is 5.75 Å². The van der Waals surface area contributed by atoms with Crippen LogP contribution < -0.4 is 15.8 Å². The summed E-state index contributed by atoms with van der Waals surface area (Å²) in [4.78, 5) is 0. The van der Waals surface area contributed by atoms with Crippen molar-refractivity contribution >= 4 is 0 Å². The van der Waals surface area contributed by atoms with E-state index in [9.17, 15) is 0 Å². The molecule has 0 saturated heterocycles. The Morgan fingerprint density at radius 3 is 2.53 bits per heavy atom. The van der Waals surface area contributed by atoms with E-state index in [0.717, 1.165) is 25.3 Å². The summed E-state index contributed by atoms with van der Waals surface area (Å²) in [5.74, 6) is 1.52. The maximum Gasteiger partial charge on any atom is 0.119 e. The van der Waals surface area contributed by atoms with Gasteiger partial charge in [-0.1, -0.05) is 32.0 Å². The number of hydrogen-bond donors (Lipinski definition) is 2. The fourth-order valence-corrected chi connectivity index (χ4v) is 1.66. The molecule has 0 aliphatic heterocycles. The van der Waals surface area contributed by atoms with Crippen LogP contribution in [-0.2, 0) is 0 Å². The molecule has 3 N–H and O–H groups in total. The standard InChI is InChI=1S/C14H24N2O/c1-12(2)14(11-15)16-9-6-10-17-13-7-4-3-5-8-13/h3-5,7-8,12,14,16H,6,9-11,15H2,1-2H3. The number of hydrogen-bond acceptors (Lipinski definition) is 3.